The molecular formula is C9H11N4O15P3+2. The van der Waals surface area contributed by atoms with Crippen molar-refractivity contribution in [2.45, 2.75) is 24.3 Å². The molecule has 0 bridgehead atoms. The van der Waals surface area contributed by atoms with Crippen LogP contribution in [0.25, 0.3) is 0 Å². The van der Waals surface area contributed by atoms with Gasteiger partial charge in [-0.1, -0.05) is 10.4 Å². The number of ether oxygens (including phenoxy) is 1. The first kappa shape index (κ1) is 25.3. The normalized spacial score (nSPS) is 26.1. The Bertz CT molecular complexity index is 1010. The number of H-pyrrole nitrogens is 2. The predicted molar refractivity (Wildman–Crippen MR) is 92.4 cm³/mol. The third-order valence-corrected chi connectivity index (χ3v) is 6.03. The van der Waals surface area contributed by atoms with Gasteiger partial charge in [0.1, 0.15) is 27.6 Å². The van der Waals surface area contributed by atoms with Crippen molar-refractivity contribution in [1.82, 2.24) is 9.97 Å². The van der Waals surface area contributed by atoms with Crippen molar-refractivity contribution < 1.29 is 51.4 Å². The molecule has 2 heterocycles. The molecule has 1 saturated heterocycles. The van der Waals surface area contributed by atoms with Crippen LogP contribution in [-0.4, -0.2) is 44.9 Å². The number of hydrogen-bond acceptors (Lipinski definition) is 16. The molecule has 7 unspecified atom stereocenters. The van der Waals surface area contributed by atoms with Gasteiger partial charge >= 0.3 is 30.0 Å². The van der Waals surface area contributed by atoms with Crippen LogP contribution in [0.2, 0.25) is 0 Å². The Labute approximate surface area is 170 Å². The highest BCUT2D eigenvalue weighted by atomic mass is 31.2. The van der Waals surface area contributed by atoms with Gasteiger partial charge < -0.3 is 9.72 Å². The fourth-order valence-electron chi connectivity index (χ4n) is 2.38. The molecule has 0 saturated carbocycles. The Morgan fingerprint density at radius 3 is 2.39 bits per heavy atom. The van der Waals surface area contributed by atoms with Crippen LogP contribution in [0, 0.1) is 9.81 Å². The molecule has 31 heavy (non-hydrogen) atoms. The molecular weight excluding hydrogens is 497 g/mol. The summed E-state index contributed by atoms with van der Waals surface area (Å²) in [6, 6.07) is -3.16. The molecule has 2 rings (SSSR count). The monoisotopic (exact) mass is 508 g/mol. The molecule has 1 aliphatic rings. The predicted octanol–water partition coefficient (Wildman–Crippen LogP) is 0.659. The molecule has 0 aliphatic carbocycles. The van der Waals surface area contributed by atoms with Crippen molar-refractivity contribution in [3.63, 3.8) is 0 Å². The lowest BCUT2D eigenvalue weighted by molar-refractivity contribution is -0.182. The Balaban J connectivity index is 2.07. The van der Waals surface area contributed by atoms with E-state index in [-0.39, 0.29) is 5.56 Å². The van der Waals surface area contributed by atoms with Gasteiger partial charge in [0.15, 0.2) is 6.04 Å². The van der Waals surface area contributed by atoms with Crippen molar-refractivity contribution in [2.24, 2.45) is 10.4 Å². The SMILES string of the molecule is O=NC1C(COP(=O)(O)O[P+](=O)OO[P+](=O)OO)OC(c2c[nH]c(=O)[nH]c2=O)C1N=O. The van der Waals surface area contributed by atoms with E-state index in [1.807, 2.05) is 4.98 Å². The second kappa shape index (κ2) is 11.0. The number of nitrogens with one attached hydrogen (secondary N) is 2. The van der Waals surface area contributed by atoms with Crippen LogP contribution in [0.4, 0.5) is 0 Å². The van der Waals surface area contributed by atoms with Crippen molar-refractivity contribution >= 4 is 24.3 Å². The van der Waals surface area contributed by atoms with Gasteiger partial charge in [-0.3, -0.25) is 19.2 Å². The summed E-state index contributed by atoms with van der Waals surface area (Å²) in [6.07, 6.45) is -2.07. The zero-order chi connectivity index (χ0) is 23.2. The first-order valence-corrected chi connectivity index (χ1v) is 11.2. The second-order valence-electron chi connectivity index (χ2n) is 5.34. The van der Waals surface area contributed by atoms with E-state index < -0.39 is 66.5 Å². The van der Waals surface area contributed by atoms with Gasteiger partial charge in [0.2, 0.25) is 0 Å². The van der Waals surface area contributed by atoms with Gasteiger partial charge in [-0.25, -0.2) is 14.6 Å². The third kappa shape index (κ3) is 6.73. The average Bonchev–Trinajstić information content (AvgIpc) is 3.07. The van der Waals surface area contributed by atoms with Crippen molar-refractivity contribution in [2.75, 3.05) is 6.61 Å². The summed E-state index contributed by atoms with van der Waals surface area (Å²) in [7, 11) is -12.0. The summed E-state index contributed by atoms with van der Waals surface area (Å²) < 4.78 is 58.0. The van der Waals surface area contributed by atoms with Crippen molar-refractivity contribution in [3.8, 4) is 0 Å². The topological polar surface area (TPSA) is 272 Å². The second-order valence-corrected chi connectivity index (χ2v) is 8.54. The van der Waals surface area contributed by atoms with E-state index in [1.54, 1.807) is 0 Å². The Morgan fingerprint density at radius 2 is 1.81 bits per heavy atom. The van der Waals surface area contributed by atoms with Crippen LogP contribution < -0.4 is 11.2 Å². The largest absolute Gasteiger partial charge is 0.763 e. The van der Waals surface area contributed by atoms with Crippen LogP contribution in [-0.2, 0) is 41.3 Å². The summed E-state index contributed by atoms with van der Waals surface area (Å²) in [6.45, 7) is -0.952. The number of nitrogens with zero attached hydrogens (tertiary/aromatic N) is 2. The minimum atomic E-state index is -5.18. The van der Waals surface area contributed by atoms with Crippen LogP contribution in [0.15, 0.2) is 26.1 Å². The van der Waals surface area contributed by atoms with Crippen molar-refractivity contribution in [1.29, 1.82) is 0 Å². The minimum absolute atomic E-state index is 0.294. The molecule has 170 valence electrons. The van der Waals surface area contributed by atoms with Crippen LogP contribution in [0.1, 0.15) is 11.7 Å². The Morgan fingerprint density at radius 1 is 1.16 bits per heavy atom. The molecule has 1 aliphatic heterocycles. The zero-order valence-electron chi connectivity index (χ0n) is 14.5. The number of hydrogen-bond donors (Lipinski definition) is 4. The van der Waals surface area contributed by atoms with Gasteiger partial charge in [-0.05, 0) is 4.31 Å². The van der Waals surface area contributed by atoms with E-state index in [0.29, 0.717) is 0 Å². The third-order valence-electron chi connectivity index (χ3n) is 3.55. The number of nitroso groups, excluding NO2 is 2. The maximum atomic E-state index is 11.9. The van der Waals surface area contributed by atoms with Gasteiger partial charge in [-0.15, -0.1) is 0 Å². The fourth-order valence-corrected chi connectivity index (χ4v) is 4.15. The van der Waals surface area contributed by atoms with E-state index in [4.69, 9.17) is 9.99 Å². The number of aromatic nitrogens is 2. The Hall–Kier alpha value is -2.01. The molecule has 4 N–H and O–H groups in total. The van der Waals surface area contributed by atoms with Gasteiger partial charge in [-0.2, -0.15) is 9.81 Å². The minimum Gasteiger partial charge on any atom is -0.363 e. The molecule has 0 aromatic carbocycles. The molecule has 0 spiro atoms. The van der Waals surface area contributed by atoms with E-state index in [2.05, 4.69) is 38.2 Å². The lowest BCUT2D eigenvalue weighted by Gasteiger charge is -2.14. The van der Waals surface area contributed by atoms with E-state index >= 15 is 0 Å². The first-order valence-electron chi connectivity index (χ1n) is 7.52. The molecule has 19 nitrogen and oxygen atoms in total. The highest BCUT2D eigenvalue weighted by Gasteiger charge is 2.50. The first-order chi connectivity index (χ1) is 14.6. The highest BCUT2D eigenvalue weighted by molar-refractivity contribution is 7.56. The smallest absolute Gasteiger partial charge is 0.363 e. The summed E-state index contributed by atoms with van der Waals surface area (Å²) in [5, 5.41) is 13.3. The average molecular weight is 508 g/mol. The number of phosphoric acid groups is 1. The van der Waals surface area contributed by atoms with Gasteiger partial charge in [0, 0.05) is 15.3 Å². The highest BCUT2D eigenvalue weighted by Crippen LogP contribution is 2.53. The quantitative estimate of drug-likeness (QED) is 0.131. The number of rotatable bonds is 12. The lowest BCUT2D eigenvalue weighted by Crippen LogP contribution is -2.32. The molecule has 1 fully saturated rings. The summed E-state index contributed by atoms with van der Waals surface area (Å²) >= 11 is 0. The van der Waals surface area contributed by atoms with E-state index in [0.717, 1.165) is 6.20 Å². The molecule has 22 heteroatoms. The van der Waals surface area contributed by atoms with Gasteiger partial charge in [0.25, 0.3) is 5.56 Å². The molecule has 0 radical (unpaired) electrons. The maximum Gasteiger partial charge on any atom is 0.763 e. The number of phosphoric ester groups is 1. The van der Waals surface area contributed by atoms with Crippen LogP contribution in [0.3, 0.4) is 0 Å². The zero-order valence-corrected chi connectivity index (χ0v) is 17.2. The Kier molecular flexibility index (Phi) is 8.99. The maximum absolute atomic E-state index is 11.9. The summed E-state index contributed by atoms with van der Waals surface area (Å²) in [5.74, 6) is 0. The van der Waals surface area contributed by atoms with E-state index in [9.17, 15) is 38.0 Å². The van der Waals surface area contributed by atoms with Crippen molar-refractivity contribution in [3.05, 3.63) is 42.4 Å². The summed E-state index contributed by atoms with van der Waals surface area (Å²) in [5.41, 5.74) is -2.11. The molecule has 1 aromatic heterocycles. The lowest BCUT2D eigenvalue weighted by atomic mass is 10.00. The van der Waals surface area contributed by atoms with Crippen LogP contribution >= 0.6 is 24.3 Å². The van der Waals surface area contributed by atoms with E-state index in [1.165, 1.54) is 0 Å². The number of aromatic amines is 2. The van der Waals surface area contributed by atoms with Crippen LogP contribution in [0.5, 0.6) is 0 Å². The molecule has 7 atom stereocenters. The summed E-state index contributed by atoms with van der Waals surface area (Å²) in [4.78, 5) is 58.9. The molecule has 1 aromatic rings. The fraction of sp³-hybridized carbons (Fsp3) is 0.556. The van der Waals surface area contributed by atoms with Gasteiger partial charge in [0.05, 0.1) is 16.8 Å². The standard InChI is InChI=1S/C9H9N4O15P3/c14-8-3(1-10-9(15)11-8)7-6(13-17)5(12-16)4(24-7)2-23-31(21,22)28-30(20)27-26-29(19)25-18/h1,4-7H,2H2,(H2-2,10,11,14,15,18,21,22)/p+2. The molecule has 0 amide bonds.